The van der Waals surface area contributed by atoms with Gasteiger partial charge in [0.1, 0.15) is 8.07 Å². The fourth-order valence-corrected chi connectivity index (χ4v) is 2.13. The van der Waals surface area contributed by atoms with Crippen molar-refractivity contribution in [1.29, 1.82) is 0 Å². The molecule has 98 valence electrons. The van der Waals surface area contributed by atoms with E-state index in [1.54, 1.807) is 0 Å². The van der Waals surface area contributed by atoms with Gasteiger partial charge in [0.25, 0.3) is 0 Å². The fourth-order valence-electron chi connectivity index (χ4n) is 1.62. The van der Waals surface area contributed by atoms with Crippen molar-refractivity contribution in [3.63, 3.8) is 0 Å². The Morgan fingerprint density at radius 1 is 0.650 bits per heavy atom. The van der Waals surface area contributed by atoms with Gasteiger partial charge in [0.2, 0.25) is 0 Å². The van der Waals surface area contributed by atoms with E-state index in [2.05, 4.69) is 42.9 Å². The minimum atomic E-state index is -1.36. The highest BCUT2D eigenvalue weighted by Crippen LogP contribution is 2.07. The highest BCUT2D eigenvalue weighted by atomic mass is 28.3. The van der Waals surface area contributed by atoms with Gasteiger partial charge in [-0.2, -0.15) is 0 Å². The predicted octanol–water partition coefficient (Wildman–Crippen LogP) is 4.32. The van der Waals surface area contributed by atoms with E-state index in [4.69, 9.17) is 0 Å². The lowest BCUT2D eigenvalue weighted by Crippen LogP contribution is -2.16. The van der Waals surface area contributed by atoms with Gasteiger partial charge in [0, 0.05) is 16.7 Å². The summed E-state index contributed by atoms with van der Waals surface area (Å²) in [6.07, 6.45) is 0. The highest BCUT2D eigenvalue weighted by molar-refractivity contribution is 6.83. The number of hydrogen-bond donors (Lipinski definition) is 0. The predicted molar refractivity (Wildman–Crippen MR) is 89.1 cm³/mol. The van der Waals surface area contributed by atoms with E-state index in [0.717, 1.165) is 16.7 Å². The van der Waals surface area contributed by atoms with Crippen LogP contribution in [0.4, 0.5) is 0 Å². The summed E-state index contributed by atoms with van der Waals surface area (Å²) in [6.45, 7) is 6.74. The summed E-state index contributed by atoms with van der Waals surface area (Å²) in [5, 5.41) is 0. The first-order chi connectivity index (χ1) is 9.54. The molecule has 0 spiro atoms. The molecular formula is C19H18Si. The third-order valence-electron chi connectivity index (χ3n) is 2.61. The van der Waals surface area contributed by atoms with Crippen LogP contribution < -0.4 is 0 Å². The van der Waals surface area contributed by atoms with Crippen molar-refractivity contribution in [2.75, 3.05) is 0 Å². The second-order valence-corrected chi connectivity index (χ2v) is 10.4. The van der Waals surface area contributed by atoms with Gasteiger partial charge in [-0.05, 0) is 24.3 Å². The fraction of sp³-hybridized carbons (Fsp3) is 0.158. The molecule has 0 unspecified atom stereocenters. The zero-order valence-electron chi connectivity index (χ0n) is 12.2. The van der Waals surface area contributed by atoms with Gasteiger partial charge in [-0.3, -0.25) is 0 Å². The second kappa shape index (κ2) is 6.28. The molecule has 2 aromatic rings. The second-order valence-electron chi connectivity index (χ2n) is 5.66. The molecule has 0 radical (unpaired) electrons. The quantitative estimate of drug-likeness (QED) is 0.496. The van der Waals surface area contributed by atoms with E-state index < -0.39 is 8.07 Å². The molecule has 0 saturated heterocycles. The van der Waals surface area contributed by atoms with E-state index in [1.165, 1.54) is 0 Å². The Hall–Kier alpha value is -2.22. The molecule has 0 aromatic heterocycles. The Morgan fingerprint density at radius 3 is 1.80 bits per heavy atom. The van der Waals surface area contributed by atoms with Crippen LogP contribution in [0.3, 0.4) is 0 Å². The van der Waals surface area contributed by atoms with E-state index in [-0.39, 0.29) is 0 Å². The lowest BCUT2D eigenvalue weighted by Gasteiger charge is -2.03. The highest BCUT2D eigenvalue weighted by Gasteiger charge is 2.07. The summed E-state index contributed by atoms with van der Waals surface area (Å²) in [4.78, 5) is 0. The molecule has 0 nitrogen and oxygen atoms in total. The largest absolute Gasteiger partial charge is 0.129 e. The van der Waals surface area contributed by atoms with Crippen molar-refractivity contribution < 1.29 is 0 Å². The Balaban J connectivity index is 2.34. The average molecular weight is 274 g/mol. The minimum Gasteiger partial charge on any atom is -0.127 e. The topological polar surface area (TPSA) is 0 Å². The Bertz CT molecular complexity index is 698. The van der Waals surface area contributed by atoms with Crippen LogP contribution in [0.1, 0.15) is 16.7 Å². The summed E-state index contributed by atoms with van der Waals surface area (Å²) in [5.74, 6) is 9.72. The lowest BCUT2D eigenvalue weighted by molar-refractivity contribution is 1.58. The molecule has 2 rings (SSSR count). The molecule has 0 amide bonds. The minimum absolute atomic E-state index is 1.00. The molecule has 0 aliphatic heterocycles. The molecule has 0 N–H and O–H groups in total. The summed E-state index contributed by atoms with van der Waals surface area (Å²) in [5.41, 5.74) is 6.45. The van der Waals surface area contributed by atoms with Crippen molar-refractivity contribution in [3.05, 3.63) is 71.3 Å². The van der Waals surface area contributed by atoms with Gasteiger partial charge in [-0.25, -0.2) is 0 Å². The number of benzene rings is 2. The molecule has 0 aliphatic carbocycles. The maximum Gasteiger partial charge on any atom is 0.129 e. The monoisotopic (exact) mass is 274 g/mol. The van der Waals surface area contributed by atoms with E-state index >= 15 is 0 Å². The molecule has 0 aliphatic rings. The van der Waals surface area contributed by atoms with Crippen LogP contribution >= 0.6 is 0 Å². The normalized spacial score (nSPS) is 9.95. The summed E-state index contributed by atoms with van der Waals surface area (Å²) in [6, 6.07) is 18.1. The van der Waals surface area contributed by atoms with Crippen LogP contribution in [0.15, 0.2) is 54.6 Å². The molecule has 0 saturated carbocycles. The van der Waals surface area contributed by atoms with E-state index in [0.29, 0.717) is 0 Å². The van der Waals surface area contributed by atoms with Gasteiger partial charge < -0.3 is 0 Å². The van der Waals surface area contributed by atoms with Crippen LogP contribution in [0.5, 0.6) is 0 Å². The summed E-state index contributed by atoms with van der Waals surface area (Å²) >= 11 is 0. The SMILES string of the molecule is C[Si](C)(C)C#Cc1ccccc1C#Cc1ccccc1. The zero-order valence-corrected chi connectivity index (χ0v) is 13.2. The molecule has 0 fully saturated rings. The number of rotatable bonds is 0. The Labute approximate surface area is 122 Å². The maximum atomic E-state index is 3.40. The standard InChI is InChI=1S/C19H18Si/c1-20(2,3)16-15-19-12-8-7-11-18(19)14-13-17-9-5-4-6-10-17/h4-12H,1-3H3. The lowest BCUT2D eigenvalue weighted by atomic mass is 10.1. The molecule has 0 atom stereocenters. The third-order valence-corrected chi connectivity index (χ3v) is 3.49. The van der Waals surface area contributed by atoms with Crippen LogP contribution in [0.25, 0.3) is 0 Å². The summed E-state index contributed by atoms with van der Waals surface area (Å²) < 4.78 is 0. The molecule has 0 bridgehead atoms. The van der Waals surface area contributed by atoms with Crippen LogP contribution in [0.2, 0.25) is 19.6 Å². The molecule has 0 heterocycles. The molecule has 2 aromatic carbocycles. The van der Waals surface area contributed by atoms with Gasteiger partial charge in [-0.1, -0.05) is 67.7 Å². The van der Waals surface area contributed by atoms with E-state index in [9.17, 15) is 0 Å². The van der Waals surface area contributed by atoms with Gasteiger partial charge >= 0.3 is 0 Å². The number of hydrogen-bond acceptors (Lipinski definition) is 0. The van der Waals surface area contributed by atoms with Crippen molar-refractivity contribution in [3.8, 4) is 23.3 Å². The van der Waals surface area contributed by atoms with Crippen LogP contribution in [-0.4, -0.2) is 8.07 Å². The Morgan fingerprint density at radius 2 is 1.20 bits per heavy atom. The van der Waals surface area contributed by atoms with Crippen LogP contribution in [-0.2, 0) is 0 Å². The van der Waals surface area contributed by atoms with Crippen molar-refractivity contribution in [2.45, 2.75) is 19.6 Å². The Kier molecular flexibility index (Phi) is 4.46. The van der Waals surface area contributed by atoms with Crippen molar-refractivity contribution in [2.24, 2.45) is 0 Å². The molecular weight excluding hydrogens is 256 g/mol. The molecule has 1 heteroatoms. The van der Waals surface area contributed by atoms with Crippen molar-refractivity contribution in [1.82, 2.24) is 0 Å². The first-order valence-electron chi connectivity index (χ1n) is 6.74. The summed E-state index contributed by atoms with van der Waals surface area (Å²) in [7, 11) is -1.36. The van der Waals surface area contributed by atoms with Gasteiger partial charge in [0.15, 0.2) is 0 Å². The van der Waals surface area contributed by atoms with Gasteiger partial charge in [0.05, 0.1) is 0 Å². The van der Waals surface area contributed by atoms with Gasteiger partial charge in [-0.15, -0.1) is 5.54 Å². The first kappa shape index (κ1) is 14.2. The molecule has 20 heavy (non-hydrogen) atoms. The smallest absolute Gasteiger partial charge is 0.127 e. The first-order valence-corrected chi connectivity index (χ1v) is 10.2. The van der Waals surface area contributed by atoms with Crippen molar-refractivity contribution >= 4 is 8.07 Å². The third kappa shape index (κ3) is 4.46. The zero-order chi connectivity index (χ0) is 14.4. The van der Waals surface area contributed by atoms with Crippen LogP contribution in [0, 0.1) is 23.3 Å². The van der Waals surface area contributed by atoms with E-state index in [1.807, 2.05) is 54.6 Å². The average Bonchev–Trinajstić information content (AvgIpc) is 2.44. The maximum absolute atomic E-state index is 3.40.